The van der Waals surface area contributed by atoms with Crippen molar-refractivity contribution in [3.8, 4) is 0 Å². The van der Waals surface area contributed by atoms with Crippen LogP contribution in [0.25, 0.3) is 0 Å². The first-order chi connectivity index (χ1) is 9.45. The molecule has 0 aromatic heterocycles. The van der Waals surface area contributed by atoms with Crippen LogP contribution < -0.4 is 10.6 Å². The molecule has 1 atom stereocenters. The SMILES string of the molecule is CNCC(C)C(=O)Nc1ccccc1CN(C)C(C)=O. The van der Waals surface area contributed by atoms with E-state index in [1.165, 1.54) is 6.92 Å². The average molecular weight is 277 g/mol. The van der Waals surface area contributed by atoms with E-state index in [0.717, 1.165) is 11.3 Å². The van der Waals surface area contributed by atoms with E-state index in [-0.39, 0.29) is 17.7 Å². The van der Waals surface area contributed by atoms with Crippen LogP contribution in [0.5, 0.6) is 0 Å². The number of hydrogen-bond acceptors (Lipinski definition) is 3. The van der Waals surface area contributed by atoms with Crippen molar-refractivity contribution in [3.05, 3.63) is 29.8 Å². The molecule has 5 heteroatoms. The Labute approximate surface area is 120 Å². The molecule has 2 amide bonds. The third-order valence-electron chi connectivity index (χ3n) is 3.18. The quantitative estimate of drug-likeness (QED) is 0.827. The van der Waals surface area contributed by atoms with Crippen molar-refractivity contribution in [1.82, 2.24) is 10.2 Å². The topological polar surface area (TPSA) is 61.4 Å². The third kappa shape index (κ3) is 4.66. The molecular weight excluding hydrogens is 254 g/mol. The van der Waals surface area contributed by atoms with Gasteiger partial charge in [0.15, 0.2) is 0 Å². The highest BCUT2D eigenvalue weighted by atomic mass is 16.2. The highest BCUT2D eigenvalue weighted by Crippen LogP contribution is 2.17. The predicted octanol–water partition coefficient (Wildman–Crippen LogP) is 1.46. The average Bonchev–Trinajstić information content (AvgIpc) is 2.40. The zero-order valence-electron chi connectivity index (χ0n) is 12.6. The number of hydrogen-bond donors (Lipinski definition) is 2. The Kier molecular flexibility index (Phi) is 6.18. The minimum Gasteiger partial charge on any atom is -0.342 e. The molecule has 0 saturated heterocycles. The van der Waals surface area contributed by atoms with Crippen LogP contribution in [0.1, 0.15) is 19.4 Å². The molecule has 0 heterocycles. The summed E-state index contributed by atoms with van der Waals surface area (Å²) in [4.78, 5) is 25.0. The van der Waals surface area contributed by atoms with Gasteiger partial charge in [-0.2, -0.15) is 0 Å². The fraction of sp³-hybridized carbons (Fsp3) is 0.467. The van der Waals surface area contributed by atoms with Crippen LogP contribution in [0.15, 0.2) is 24.3 Å². The maximum absolute atomic E-state index is 12.0. The van der Waals surface area contributed by atoms with Crippen molar-refractivity contribution >= 4 is 17.5 Å². The largest absolute Gasteiger partial charge is 0.342 e. The summed E-state index contributed by atoms with van der Waals surface area (Å²) in [5.41, 5.74) is 1.68. The number of carbonyl (C=O) groups is 2. The summed E-state index contributed by atoms with van der Waals surface area (Å²) in [5.74, 6) is -0.148. The molecule has 20 heavy (non-hydrogen) atoms. The smallest absolute Gasteiger partial charge is 0.228 e. The molecule has 110 valence electrons. The van der Waals surface area contributed by atoms with Gasteiger partial charge < -0.3 is 15.5 Å². The fourth-order valence-corrected chi connectivity index (χ4v) is 1.80. The molecule has 0 bridgehead atoms. The lowest BCUT2D eigenvalue weighted by molar-refractivity contribution is -0.128. The van der Waals surface area contributed by atoms with Gasteiger partial charge in [-0.15, -0.1) is 0 Å². The number of carbonyl (C=O) groups excluding carboxylic acids is 2. The Morgan fingerprint density at radius 3 is 2.55 bits per heavy atom. The van der Waals surface area contributed by atoms with Crippen LogP contribution in [0.3, 0.4) is 0 Å². The summed E-state index contributed by atoms with van der Waals surface area (Å²) in [6, 6.07) is 7.54. The van der Waals surface area contributed by atoms with E-state index in [1.54, 1.807) is 11.9 Å². The number of amides is 2. The van der Waals surface area contributed by atoms with Crippen LogP contribution >= 0.6 is 0 Å². The van der Waals surface area contributed by atoms with E-state index >= 15 is 0 Å². The molecule has 0 aliphatic rings. The van der Waals surface area contributed by atoms with Gasteiger partial charge in [-0.1, -0.05) is 25.1 Å². The molecule has 1 aromatic carbocycles. The van der Waals surface area contributed by atoms with E-state index in [1.807, 2.05) is 38.2 Å². The van der Waals surface area contributed by atoms with E-state index < -0.39 is 0 Å². The second-order valence-corrected chi connectivity index (χ2v) is 4.98. The lowest BCUT2D eigenvalue weighted by atomic mass is 10.1. The van der Waals surface area contributed by atoms with Gasteiger partial charge in [0.2, 0.25) is 11.8 Å². The normalized spacial score (nSPS) is 11.8. The number of para-hydroxylation sites is 1. The molecule has 5 nitrogen and oxygen atoms in total. The second-order valence-electron chi connectivity index (χ2n) is 4.98. The van der Waals surface area contributed by atoms with E-state index in [0.29, 0.717) is 13.1 Å². The summed E-state index contributed by atoms with van der Waals surface area (Å²) in [6.07, 6.45) is 0. The molecule has 1 aromatic rings. The van der Waals surface area contributed by atoms with Crippen LogP contribution in [0, 0.1) is 5.92 Å². The zero-order chi connectivity index (χ0) is 15.1. The van der Waals surface area contributed by atoms with Gasteiger partial charge >= 0.3 is 0 Å². The highest BCUT2D eigenvalue weighted by Gasteiger charge is 2.14. The molecular formula is C15H23N3O2. The van der Waals surface area contributed by atoms with E-state index in [2.05, 4.69) is 10.6 Å². The van der Waals surface area contributed by atoms with Gasteiger partial charge in [0.1, 0.15) is 0 Å². The molecule has 0 saturated carbocycles. The first-order valence-electron chi connectivity index (χ1n) is 6.70. The molecule has 0 aliphatic carbocycles. The highest BCUT2D eigenvalue weighted by molar-refractivity contribution is 5.93. The van der Waals surface area contributed by atoms with Crippen molar-refractivity contribution in [3.63, 3.8) is 0 Å². The van der Waals surface area contributed by atoms with Crippen molar-refractivity contribution in [1.29, 1.82) is 0 Å². The Morgan fingerprint density at radius 1 is 1.30 bits per heavy atom. The molecule has 1 unspecified atom stereocenters. The number of nitrogens with zero attached hydrogens (tertiary/aromatic N) is 1. The monoisotopic (exact) mass is 277 g/mol. The van der Waals surface area contributed by atoms with E-state index in [4.69, 9.17) is 0 Å². The fourth-order valence-electron chi connectivity index (χ4n) is 1.80. The standard InChI is InChI=1S/C15H23N3O2/c1-11(9-16-3)15(20)17-14-8-6-5-7-13(14)10-18(4)12(2)19/h5-8,11,16H,9-10H2,1-4H3,(H,17,20). The first kappa shape index (κ1) is 16.2. The van der Waals surface area contributed by atoms with Gasteiger partial charge in [-0.3, -0.25) is 9.59 Å². The van der Waals surface area contributed by atoms with Crippen LogP contribution in [-0.2, 0) is 16.1 Å². The lowest BCUT2D eigenvalue weighted by Crippen LogP contribution is -2.29. The van der Waals surface area contributed by atoms with Gasteiger partial charge in [0.05, 0.1) is 0 Å². The Balaban J connectivity index is 2.80. The molecule has 0 radical (unpaired) electrons. The van der Waals surface area contributed by atoms with Gasteiger partial charge in [-0.25, -0.2) is 0 Å². The summed E-state index contributed by atoms with van der Waals surface area (Å²) < 4.78 is 0. The maximum atomic E-state index is 12.0. The molecule has 1 rings (SSSR count). The van der Waals surface area contributed by atoms with Crippen molar-refractivity contribution < 1.29 is 9.59 Å². The Hall–Kier alpha value is -1.88. The van der Waals surface area contributed by atoms with E-state index in [9.17, 15) is 9.59 Å². The Bertz CT molecular complexity index is 474. The van der Waals surface area contributed by atoms with Crippen LogP contribution in [-0.4, -0.2) is 37.4 Å². The number of anilines is 1. The minimum atomic E-state index is -0.112. The van der Waals surface area contributed by atoms with Crippen molar-refractivity contribution in [2.45, 2.75) is 20.4 Å². The predicted molar refractivity (Wildman–Crippen MR) is 80.3 cm³/mol. The van der Waals surface area contributed by atoms with Gasteiger partial charge in [0.25, 0.3) is 0 Å². The van der Waals surface area contributed by atoms with Crippen LogP contribution in [0.4, 0.5) is 5.69 Å². The zero-order valence-corrected chi connectivity index (χ0v) is 12.6. The molecule has 0 spiro atoms. The summed E-state index contributed by atoms with van der Waals surface area (Å²) in [5, 5.41) is 5.90. The summed E-state index contributed by atoms with van der Waals surface area (Å²) in [7, 11) is 3.56. The summed E-state index contributed by atoms with van der Waals surface area (Å²) >= 11 is 0. The summed E-state index contributed by atoms with van der Waals surface area (Å²) in [6.45, 7) is 4.50. The number of benzene rings is 1. The number of rotatable bonds is 6. The van der Waals surface area contributed by atoms with Gasteiger partial charge in [-0.05, 0) is 18.7 Å². The number of nitrogens with one attached hydrogen (secondary N) is 2. The first-order valence-corrected chi connectivity index (χ1v) is 6.70. The third-order valence-corrected chi connectivity index (χ3v) is 3.18. The van der Waals surface area contributed by atoms with Crippen LogP contribution in [0.2, 0.25) is 0 Å². The minimum absolute atomic E-state index is 0.00493. The van der Waals surface area contributed by atoms with Crippen molar-refractivity contribution in [2.75, 3.05) is 26.0 Å². The van der Waals surface area contributed by atoms with Gasteiger partial charge in [0, 0.05) is 38.7 Å². The maximum Gasteiger partial charge on any atom is 0.228 e. The molecule has 0 aliphatic heterocycles. The molecule has 2 N–H and O–H groups in total. The lowest BCUT2D eigenvalue weighted by Gasteiger charge is -2.19. The van der Waals surface area contributed by atoms with Crippen molar-refractivity contribution in [2.24, 2.45) is 5.92 Å². The Morgan fingerprint density at radius 2 is 1.95 bits per heavy atom. The molecule has 0 fully saturated rings. The second kappa shape index (κ2) is 7.65.